The first-order valence-corrected chi connectivity index (χ1v) is 11.9. The van der Waals surface area contributed by atoms with Crippen LogP contribution in [0.2, 0.25) is 0 Å². The summed E-state index contributed by atoms with van der Waals surface area (Å²) in [5, 5.41) is 12.3. The molecule has 1 amide bonds. The average Bonchev–Trinajstić information content (AvgIpc) is 3.19. The zero-order valence-corrected chi connectivity index (χ0v) is 20.4. The number of nitriles is 1. The number of ether oxygens (including phenoxy) is 2. The number of hydrogen-bond donors (Lipinski definition) is 1. The SMILES string of the molecule is COc1cc(C=C2SC(=NC3CCN(C)CC3)NC2=O)ccc1Oc1ccc(C#N)cc1C(F)(F)F. The number of benzene rings is 2. The van der Waals surface area contributed by atoms with Gasteiger partial charge in [-0.2, -0.15) is 18.4 Å². The summed E-state index contributed by atoms with van der Waals surface area (Å²) in [6, 6.07) is 9.60. The predicted molar refractivity (Wildman–Crippen MR) is 131 cm³/mol. The molecular formula is C25H23F3N4O3S. The van der Waals surface area contributed by atoms with Gasteiger partial charge < -0.3 is 19.7 Å². The second-order valence-electron chi connectivity index (χ2n) is 8.37. The highest BCUT2D eigenvalue weighted by atomic mass is 32.2. The maximum Gasteiger partial charge on any atom is 0.420 e. The van der Waals surface area contributed by atoms with E-state index in [4.69, 9.17) is 14.7 Å². The quantitative estimate of drug-likeness (QED) is 0.561. The molecule has 0 bridgehead atoms. The third-order valence-electron chi connectivity index (χ3n) is 5.76. The highest BCUT2D eigenvalue weighted by Gasteiger charge is 2.35. The molecule has 0 saturated carbocycles. The van der Waals surface area contributed by atoms with Gasteiger partial charge >= 0.3 is 6.18 Å². The zero-order chi connectivity index (χ0) is 25.9. The van der Waals surface area contributed by atoms with E-state index in [1.165, 1.54) is 31.0 Å². The summed E-state index contributed by atoms with van der Waals surface area (Å²) in [6.07, 6.45) is -1.18. The normalized spacial score (nSPS) is 19.4. The number of alkyl halides is 3. The molecule has 2 heterocycles. The van der Waals surface area contributed by atoms with Crippen LogP contribution in [0.1, 0.15) is 29.5 Å². The van der Waals surface area contributed by atoms with E-state index in [2.05, 4.69) is 22.3 Å². The lowest BCUT2D eigenvalue weighted by atomic mass is 10.1. The largest absolute Gasteiger partial charge is 0.493 e. The number of thioether (sulfide) groups is 1. The van der Waals surface area contributed by atoms with Crippen LogP contribution in [0.25, 0.3) is 6.08 Å². The van der Waals surface area contributed by atoms with Crippen LogP contribution in [0.3, 0.4) is 0 Å². The summed E-state index contributed by atoms with van der Waals surface area (Å²) in [7, 11) is 3.44. The van der Waals surface area contributed by atoms with Crippen LogP contribution < -0.4 is 14.8 Å². The van der Waals surface area contributed by atoms with Crippen LogP contribution in [0.15, 0.2) is 46.3 Å². The van der Waals surface area contributed by atoms with Gasteiger partial charge in [0.1, 0.15) is 5.75 Å². The molecule has 0 aromatic heterocycles. The molecule has 2 aliphatic heterocycles. The van der Waals surface area contributed by atoms with Gasteiger partial charge in [-0.1, -0.05) is 6.07 Å². The molecule has 36 heavy (non-hydrogen) atoms. The smallest absolute Gasteiger partial charge is 0.420 e. The molecule has 188 valence electrons. The fraction of sp³-hybridized carbons (Fsp3) is 0.320. The topological polar surface area (TPSA) is 86.9 Å². The van der Waals surface area contributed by atoms with Crippen LogP contribution in [0.4, 0.5) is 13.2 Å². The number of halogens is 3. The van der Waals surface area contributed by atoms with Crippen LogP contribution in [0.5, 0.6) is 17.2 Å². The van der Waals surface area contributed by atoms with Crippen molar-refractivity contribution in [2.45, 2.75) is 25.1 Å². The van der Waals surface area contributed by atoms with E-state index in [0.29, 0.717) is 15.6 Å². The Labute approximate surface area is 210 Å². The monoisotopic (exact) mass is 516 g/mol. The molecular weight excluding hydrogens is 493 g/mol. The van der Waals surface area contributed by atoms with E-state index >= 15 is 0 Å². The van der Waals surface area contributed by atoms with Crippen molar-refractivity contribution in [3.63, 3.8) is 0 Å². The van der Waals surface area contributed by atoms with Crippen LogP contribution >= 0.6 is 11.8 Å². The lowest BCUT2D eigenvalue weighted by Gasteiger charge is -2.26. The molecule has 7 nitrogen and oxygen atoms in total. The minimum atomic E-state index is -4.71. The molecule has 0 aliphatic carbocycles. The fourth-order valence-electron chi connectivity index (χ4n) is 3.82. The Hall–Kier alpha value is -3.49. The van der Waals surface area contributed by atoms with Gasteiger partial charge in [-0.25, -0.2) is 0 Å². The minimum absolute atomic E-state index is 0.0582. The average molecular weight is 517 g/mol. The number of carbonyl (C=O) groups is 1. The summed E-state index contributed by atoms with van der Waals surface area (Å²) < 4.78 is 51.3. The number of carbonyl (C=O) groups excluding carboxylic acids is 1. The Kier molecular flexibility index (Phi) is 7.56. The summed E-state index contributed by atoms with van der Waals surface area (Å²) in [4.78, 5) is 19.8. The summed E-state index contributed by atoms with van der Waals surface area (Å²) >= 11 is 1.25. The van der Waals surface area contributed by atoms with Crippen molar-refractivity contribution in [1.29, 1.82) is 5.26 Å². The lowest BCUT2D eigenvalue weighted by molar-refractivity contribution is -0.138. The molecule has 2 aromatic carbocycles. The van der Waals surface area contributed by atoms with Gasteiger partial charge in [0.15, 0.2) is 16.7 Å². The van der Waals surface area contributed by atoms with Crippen LogP contribution in [0, 0.1) is 11.3 Å². The van der Waals surface area contributed by atoms with E-state index in [1.54, 1.807) is 24.3 Å². The van der Waals surface area contributed by atoms with Crippen LogP contribution in [-0.2, 0) is 11.0 Å². The number of hydrogen-bond acceptors (Lipinski definition) is 7. The van der Waals surface area contributed by atoms with Gasteiger partial charge in [-0.3, -0.25) is 9.79 Å². The Balaban J connectivity index is 1.54. The first-order chi connectivity index (χ1) is 17.2. The molecule has 0 spiro atoms. The first kappa shape index (κ1) is 25.6. The van der Waals surface area contributed by atoms with Gasteiger partial charge in [-0.05, 0) is 86.7 Å². The van der Waals surface area contributed by atoms with Gasteiger partial charge in [0.25, 0.3) is 5.91 Å². The van der Waals surface area contributed by atoms with Gasteiger partial charge in [0.2, 0.25) is 0 Å². The highest BCUT2D eigenvalue weighted by Crippen LogP contribution is 2.41. The molecule has 0 atom stereocenters. The maximum atomic E-state index is 13.5. The minimum Gasteiger partial charge on any atom is -0.493 e. The van der Waals surface area contributed by atoms with E-state index in [1.807, 2.05) is 0 Å². The molecule has 0 radical (unpaired) electrons. The number of nitrogens with zero attached hydrogens (tertiary/aromatic N) is 3. The Morgan fingerprint density at radius 1 is 1.17 bits per heavy atom. The second kappa shape index (κ2) is 10.6. The molecule has 2 fully saturated rings. The first-order valence-electron chi connectivity index (χ1n) is 11.1. The molecule has 11 heteroatoms. The van der Waals surface area contributed by atoms with E-state index < -0.39 is 17.5 Å². The van der Waals surface area contributed by atoms with E-state index in [9.17, 15) is 18.0 Å². The summed E-state index contributed by atoms with van der Waals surface area (Å²) in [5.74, 6) is -0.474. The molecule has 0 unspecified atom stereocenters. The number of amidine groups is 1. The summed E-state index contributed by atoms with van der Waals surface area (Å²) in [6.45, 7) is 1.92. The van der Waals surface area contributed by atoms with Crippen molar-refractivity contribution >= 4 is 28.9 Å². The van der Waals surface area contributed by atoms with Crippen LogP contribution in [-0.4, -0.2) is 49.3 Å². The predicted octanol–water partition coefficient (Wildman–Crippen LogP) is 5.03. The van der Waals surface area contributed by atoms with Crippen molar-refractivity contribution in [3.05, 3.63) is 58.0 Å². The van der Waals surface area contributed by atoms with Crippen molar-refractivity contribution in [2.75, 3.05) is 27.2 Å². The third kappa shape index (κ3) is 6.01. The number of methoxy groups -OCH3 is 1. The molecule has 4 rings (SSSR count). The van der Waals surface area contributed by atoms with Crippen molar-refractivity contribution < 1.29 is 27.4 Å². The van der Waals surface area contributed by atoms with E-state index in [-0.39, 0.29) is 29.0 Å². The second-order valence-corrected chi connectivity index (χ2v) is 9.40. The fourth-order valence-corrected chi connectivity index (χ4v) is 4.71. The number of likely N-dealkylation sites (tertiary alicyclic amines) is 1. The molecule has 2 saturated heterocycles. The number of aliphatic imine (C=N–C) groups is 1. The third-order valence-corrected chi connectivity index (χ3v) is 6.68. The number of rotatable bonds is 5. The van der Waals surface area contributed by atoms with Gasteiger partial charge in [0, 0.05) is 0 Å². The zero-order valence-electron chi connectivity index (χ0n) is 19.6. The molecule has 1 N–H and O–H groups in total. The number of piperidine rings is 1. The summed E-state index contributed by atoms with van der Waals surface area (Å²) in [5.41, 5.74) is -0.590. The van der Waals surface area contributed by atoms with Gasteiger partial charge in [0.05, 0.1) is 35.3 Å². The Morgan fingerprint density at radius 2 is 1.89 bits per heavy atom. The Morgan fingerprint density at radius 3 is 2.56 bits per heavy atom. The molecule has 2 aromatic rings. The Bertz CT molecular complexity index is 1260. The molecule has 2 aliphatic rings. The number of amides is 1. The maximum absolute atomic E-state index is 13.5. The van der Waals surface area contributed by atoms with Crippen molar-refractivity contribution in [1.82, 2.24) is 10.2 Å². The highest BCUT2D eigenvalue weighted by molar-refractivity contribution is 8.18. The standard InChI is InChI=1S/C25H23F3N4O3S/c1-32-9-7-17(8-10-32)30-24-31-23(33)22(36-24)13-15-3-6-20(21(12-15)34-2)35-19-5-4-16(14-29)11-18(19)25(26,27)28/h3-6,11-13,17H,7-10H2,1-2H3,(H,30,31,33). The van der Waals surface area contributed by atoms with Gasteiger partial charge in [-0.15, -0.1) is 0 Å². The van der Waals surface area contributed by atoms with E-state index in [0.717, 1.165) is 38.1 Å². The van der Waals surface area contributed by atoms with Crippen molar-refractivity contribution in [2.24, 2.45) is 4.99 Å². The lowest BCUT2D eigenvalue weighted by Crippen LogP contribution is -2.33. The number of nitrogens with one attached hydrogen (secondary N) is 1. The van der Waals surface area contributed by atoms with Crippen molar-refractivity contribution in [3.8, 4) is 23.3 Å².